The molecule has 0 saturated carbocycles. The van der Waals surface area contributed by atoms with Gasteiger partial charge in [-0.05, 0) is 18.2 Å². The number of rotatable bonds is 2. The third-order valence-electron chi connectivity index (χ3n) is 2.91. The summed E-state index contributed by atoms with van der Waals surface area (Å²) in [5.41, 5.74) is 9.45. The molecule has 0 aliphatic carbocycles. The quantitative estimate of drug-likeness (QED) is 0.750. The Kier molecular flexibility index (Phi) is 2.93. The summed E-state index contributed by atoms with van der Waals surface area (Å²) in [4.78, 5) is 4.01. The number of anilines is 1. The minimum atomic E-state index is 0.430. The number of nitrogens with one attached hydrogen (secondary N) is 1. The summed E-state index contributed by atoms with van der Waals surface area (Å²) in [6.07, 6.45) is 3.45. The number of nitrogens with two attached hydrogens (primary N) is 1. The van der Waals surface area contributed by atoms with Crippen LogP contribution in [0.15, 0.2) is 48.8 Å². The van der Waals surface area contributed by atoms with Crippen LogP contribution < -0.4 is 5.73 Å². The van der Waals surface area contributed by atoms with E-state index in [-0.39, 0.29) is 0 Å². The van der Waals surface area contributed by atoms with E-state index >= 15 is 0 Å². The first kappa shape index (κ1) is 11.7. The van der Waals surface area contributed by atoms with Crippen molar-refractivity contribution in [2.45, 2.75) is 0 Å². The largest absolute Gasteiger partial charge is 0.382 e. The monoisotopic (exact) mass is 270 g/mol. The fraction of sp³-hybridized carbons (Fsp3) is 0. The number of aromatic amines is 1. The van der Waals surface area contributed by atoms with E-state index in [1.54, 1.807) is 12.4 Å². The van der Waals surface area contributed by atoms with Crippen LogP contribution in [0.25, 0.3) is 22.4 Å². The van der Waals surface area contributed by atoms with Gasteiger partial charge in [-0.3, -0.25) is 10.1 Å². The van der Waals surface area contributed by atoms with Gasteiger partial charge in [0.05, 0.1) is 11.3 Å². The number of halogens is 1. The van der Waals surface area contributed by atoms with Crippen molar-refractivity contribution in [3.63, 3.8) is 0 Å². The van der Waals surface area contributed by atoms with E-state index < -0.39 is 0 Å². The van der Waals surface area contributed by atoms with E-state index in [1.807, 2.05) is 36.4 Å². The Balaban J connectivity index is 2.23. The van der Waals surface area contributed by atoms with Crippen molar-refractivity contribution < 1.29 is 0 Å². The minimum absolute atomic E-state index is 0.430. The number of hydrogen-bond donors (Lipinski definition) is 2. The first-order valence-electron chi connectivity index (χ1n) is 5.76. The summed E-state index contributed by atoms with van der Waals surface area (Å²) in [5, 5.41) is 7.68. The molecule has 19 heavy (non-hydrogen) atoms. The lowest BCUT2D eigenvalue weighted by Gasteiger charge is -2.06. The smallest absolute Gasteiger partial charge is 0.153 e. The van der Waals surface area contributed by atoms with Crippen LogP contribution >= 0.6 is 11.6 Å². The van der Waals surface area contributed by atoms with Crippen LogP contribution in [0, 0.1) is 0 Å². The number of aromatic nitrogens is 3. The summed E-state index contributed by atoms with van der Waals surface area (Å²) in [6.45, 7) is 0. The van der Waals surface area contributed by atoms with E-state index in [9.17, 15) is 0 Å². The van der Waals surface area contributed by atoms with Gasteiger partial charge in [0, 0.05) is 28.5 Å². The Labute approximate surface area is 115 Å². The van der Waals surface area contributed by atoms with Crippen molar-refractivity contribution in [1.29, 1.82) is 0 Å². The highest BCUT2D eigenvalue weighted by Gasteiger charge is 2.16. The van der Waals surface area contributed by atoms with Gasteiger partial charge in [-0.2, -0.15) is 5.10 Å². The van der Waals surface area contributed by atoms with Crippen molar-refractivity contribution in [3.05, 3.63) is 53.8 Å². The van der Waals surface area contributed by atoms with E-state index in [4.69, 9.17) is 17.3 Å². The predicted octanol–water partition coefficient (Wildman–Crippen LogP) is 3.37. The first-order valence-corrected chi connectivity index (χ1v) is 6.14. The zero-order valence-electron chi connectivity index (χ0n) is 9.97. The summed E-state index contributed by atoms with van der Waals surface area (Å²) in [6, 6.07) is 11.4. The summed E-state index contributed by atoms with van der Waals surface area (Å²) in [5.74, 6) is 0.430. The van der Waals surface area contributed by atoms with Gasteiger partial charge in [-0.1, -0.05) is 29.8 Å². The van der Waals surface area contributed by atoms with Crippen LogP contribution in [-0.4, -0.2) is 15.2 Å². The van der Waals surface area contributed by atoms with E-state index in [0.29, 0.717) is 10.8 Å². The molecule has 0 aliphatic heterocycles. The Bertz CT molecular complexity index is 706. The van der Waals surface area contributed by atoms with Crippen LogP contribution in [-0.2, 0) is 0 Å². The third-order valence-corrected chi connectivity index (χ3v) is 3.24. The average Bonchev–Trinajstić information content (AvgIpc) is 2.82. The standard InChI is InChI=1S/C14H11ClN4/c15-11-4-2-1-3-10(11)12-13(18-19-14(12)16)9-5-7-17-8-6-9/h1-8H,(H3,16,18,19). The van der Waals surface area contributed by atoms with Gasteiger partial charge in [0.25, 0.3) is 0 Å². The second kappa shape index (κ2) is 4.74. The molecular weight excluding hydrogens is 260 g/mol. The van der Waals surface area contributed by atoms with Crippen molar-refractivity contribution in [2.24, 2.45) is 0 Å². The maximum absolute atomic E-state index is 6.24. The van der Waals surface area contributed by atoms with Gasteiger partial charge in [0.1, 0.15) is 0 Å². The van der Waals surface area contributed by atoms with Gasteiger partial charge in [-0.15, -0.1) is 0 Å². The molecule has 0 bridgehead atoms. The van der Waals surface area contributed by atoms with Gasteiger partial charge in [0.2, 0.25) is 0 Å². The Morgan fingerprint density at radius 3 is 2.53 bits per heavy atom. The zero-order chi connectivity index (χ0) is 13.2. The van der Waals surface area contributed by atoms with Crippen molar-refractivity contribution in [2.75, 3.05) is 5.73 Å². The molecule has 0 aliphatic rings. The number of nitrogen functional groups attached to an aromatic ring is 1. The molecule has 0 fully saturated rings. The van der Waals surface area contributed by atoms with E-state index in [0.717, 1.165) is 22.4 Å². The van der Waals surface area contributed by atoms with E-state index in [2.05, 4.69) is 15.2 Å². The molecule has 0 spiro atoms. The topological polar surface area (TPSA) is 67.6 Å². The molecule has 0 amide bonds. The number of nitrogens with zero attached hydrogens (tertiary/aromatic N) is 2. The highest BCUT2D eigenvalue weighted by atomic mass is 35.5. The molecule has 1 aromatic carbocycles. The maximum atomic E-state index is 6.24. The molecule has 3 N–H and O–H groups in total. The summed E-state index contributed by atoms with van der Waals surface area (Å²) in [7, 11) is 0. The molecule has 4 nitrogen and oxygen atoms in total. The van der Waals surface area contributed by atoms with E-state index in [1.165, 1.54) is 0 Å². The average molecular weight is 271 g/mol. The van der Waals surface area contributed by atoms with Crippen LogP contribution in [0.5, 0.6) is 0 Å². The highest BCUT2D eigenvalue weighted by Crippen LogP contribution is 2.37. The predicted molar refractivity (Wildman–Crippen MR) is 76.7 cm³/mol. The maximum Gasteiger partial charge on any atom is 0.153 e. The van der Waals surface area contributed by atoms with Gasteiger partial charge in [-0.25, -0.2) is 0 Å². The van der Waals surface area contributed by atoms with Crippen LogP contribution in [0.4, 0.5) is 5.82 Å². The zero-order valence-corrected chi connectivity index (χ0v) is 10.7. The third kappa shape index (κ3) is 2.06. The second-order valence-corrected chi connectivity index (χ2v) is 4.48. The molecule has 5 heteroatoms. The molecule has 0 saturated heterocycles. The summed E-state index contributed by atoms with van der Waals surface area (Å²) < 4.78 is 0. The Hall–Kier alpha value is -2.33. The van der Waals surface area contributed by atoms with Crippen molar-refractivity contribution in [3.8, 4) is 22.4 Å². The van der Waals surface area contributed by atoms with Crippen molar-refractivity contribution >= 4 is 17.4 Å². The number of benzene rings is 1. The molecule has 0 radical (unpaired) electrons. The Morgan fingerprint density at radius 2 is 1.79 bits per heavy atom. The molecular formula is C14H11ClN4. The second-order valence-electron chi connectivity index (χ2n) is 4.07. The lowest BCUT2D eigenvalue weighted by Crippen LogP contribution is -1.89. The number of hydrogen-bond acceptors (Lipinski definition) is 3. The highest BCUT2D eigenvalue weighted by molar-refractivity contribution is 6.33. The molecule has 0 unspecified atom stereocenters. The fourth-order valence-electron chi connectivity index (χ4n) is 2.02. The molecule has 3 rings (SSSR count). The van der Waals surface area contributed by atoms with Gasteiger partial charge < -0.3 is 5.73 Å². The lowest BCUT2D eigenvalue weighted by molar-refractivity contribution is 1.10. The molecule has 0 atom stereocenters. The van der Waals surface area contributed by atoms with Crippen LogP contribution in [0.2, 0.25) is 5.02 Å². The molecule has 2 heterocycles. The molecule has 3 aromatic rings. The Morgan fingerprint density at radius 1 is 1.05 bits per heavy atom. The first-order chi connectivity index (χ1) is 9.27. The van der Waals surface area contributed by atoms with Crippen LogP contribution in [0.3, 0.4) is 0 Å². The normalized spacial score (nSPS) is 10.6. The lowest BCUT2D eigenvalue weighted by atomic mass is 10.0. The fourth-order valence-corrected chi connectivity index (χ4v) is 2.25. The van der Waals surface area contributed by atoms with Gasteiger partial charge in [0.15, 0.2) is 5.82 Å². The SMILES string of the molecule is Nc1n[nH]c(-c2ccncc2)c1-c1ccccc1Cl. The number of pyridine rings is 1. The minimum Gasteiger partial charge on any atom is -0.382 e. The molecule has 94 valence electrons. The van der Waals surface area contributed by atoms with Gasteiger partial charge >= 0.3 is 0 Å². The van der Waals surface area contributed by atoms with Crippen LogP contribution in [0.1, 0.15) is 0 Å². The van der Waals surface area contributed by atoms with Crippen molar-refractivity contribution in [1.82, 2.24) is 15.2 Å². The summed E-state index contributed by atoms with van der Waals surface area (Å²) >= 11 is 6.24. The molecule has 2 aromatic heterocycles. The number of H-pyrrole nitrogens is 1.